The highest BCUT2D eigenvalue weighted by Crippen LogP contribution is 2.19. The lowest BCUT2D eigenvalue weighted by Crippen LogP contribution is -2.37. The smallest absolute Gasteiger partial charge is 0.335 e. The van der Waals surface area contributed by atoms with Crippen molar-refractivity contribution in [3.8, 4) is 0 Å². The molecule has 0 bridgehead atoms. The number of carboxylic acid groups (broad SMARTS) is 1. The van der Waals surface area contributed by atoms with E-state index < -0.39 is 16.2 Å². The number of nitrogens with one attached hydrogen (secondary N) is 1. The van der Waals surface area contributed by atoms with Gasteiger partial charge in [0.2, 0.25) is 0 Å². The van der Waals surface area contributed by atoms with Crippen LogP contribution in [0.2, 0.25) is 0 Å². The molecule has 0 radical (unpaired) electrons. The van der Waals surface area contributed by atoms with Crippen molar-refractivity contribution in [2.45, 2.75) is 26.8 Å². The van der Waals surface area contributed by atoms with Gasteiger partial charge in [0.1, 0.15) is 0 Å². The van der Waals surface area contributed by atoms with E-state index >= 15 is 0 Å². The Balaban J connectivity index is 3.04. The number of nitrogens with zero attached hydrogens (tertiary/aromatic N) is 1. The molecule has 0 spiro atoms. The third kappa shape index (κ3) is 3.68. The minimum absolute atomic E-state index is 0.123. The maximum Gasteiger partial charge on any atom is 0.335 e. The molecule has 7 heteroatoms. The van der Waals surface area contributed by atoms with Crippen molar-refractivity contribution in [2.24, 2.45) is 0 Å². The monoisotopic (exact) mass is 286 g/mol. The van der Waals surface area contributed by atoms with E-state index in [4.69, 9.17) is 5.11 Å². The lowest BCUT2D eigenvalue weighted by Gasteiger charge is -2.22. The molecule has 0 fully saturated rings. The Hall–Kier alpha value is -1.60. The number of hydrogen-bond acceptors (Lipinski definition) is 3. The summed E-state index contributed by atoms with van der Waals surface area (Å²) in [6, 6.07) is 4.07. The summed E-state index contributed by atoms with van der Waals surface area (Å²) < 4.78 is 27.7. The zero-order chi connectivity index (χ0) is 14.8. The minimum atomic E-state index is -3.63. The van der Waals surface area contributed by atoms with Gasteiger partial charge in [0.25, 0.3) is 0 Å². The second kappa shape index (κ2) is 5.58. The van der Waals surface area contributed by atoms with Crippen LogP contribution in [0.5, 0.6) is 0 Å². The van der Waals surface area contributed by atoms with Gasteiger partial charge in [-0.05, 0) is 44.5 Å². The molecule has 19 heavy (non-hydrogen) atoms. The molecule has 2 N–H and O–H groups in total. The van der Waals surface area contributed by atoms with Gasteiger partial charge in [0.05, 0.1) is 11.3 Å². The summed E-state index contributed by atoms with van der Waals surface area (Å²) in [4.78, 5) is 10.8. The number of carbonyl (C=O) groups is 1. The van der Waals surface area contributed by atoms with Crippen LogP contribution in [0.1, 0.15) is 29.8 Å². The third-order valence-corrected chi connectivity index (χ3v) is 4.48. The van der Waals surface area contributed by atoms with Gasteiger partial charge in [-0.3, -0.25) is 4.72 Å². The molecule has 0 amide bonds. The molecule has 0 aliphatic heterocycles. The van der Waals surface area contributed by atoms with Gasteiger partial charge < -0.3 is 5.11 Å². The number of aryl methyl sites for hydroxylation is 1. The van der Waals surface area contributed by atoms with Crippen LogP contribution in [0.25, 0.3) is 0 Å². The number of rotatable bonds is 5. The molecular formula is C12H18N2O4S. The second-order valence-electron chi connectivity index (χ2n) is 4.55. The van der Waals surface area contributed by atoms with Gasteiger partial charge in [-0.2, -0.15) is 12.7 Å². The SMILES string of the molecule is Cc1cc(C(=O)O)ccc1NS(=O)(=O)N(C)C(C)C. The highest BCUT2D eigenvalue weighted by Gasteiger charge is 2.21. The van der Waals surface area contributed by atoms with Crippen molar-refractivity contribution in [3.63, 3.8) is 0 Å². The molecule has 0 saturated carbocycles. The van der Waals surface area contributed by atoms with Gasteiger partial charge in [-0.15, -0.1) is 0 Å². The quantitative estimate of drug-likeness (QED) is 0.862. The van der Waals surface area contributed by atoms with E-state index in [-0.39, 0.29) is 11.6 Å². The van der Waals surface area contributed by atoms with E-state index in [0.717, 1.165) is 0 Å². The van der Waals surface area contributed by atoms with Crippen molar-refractivity contribution in [2.75, 3.05) is 11.8 Å². The summed E-state index contributed by atoms with van der Waals surface area (Å²) in [7, 11) is -2.15. The van der Waals surface area contributed by atoms with Gasteiger partial charge in [0, 0.05) is 13.1 Å². The summed E-state index contributed by atoms with van der Waals surface area (Å²) in [5.41, 5.74) is 1.05. The van der Waals surface area contributed by atoms with Crippen LogP contribution in [0.4, 0.5) is 5.69 Å². The molecule has 106 valence electrons. The highest BCUT2D eigenvalue weighted by molar-refractivity contribution is 7.90. The molecule has 0 unspecified atom stereocenters. The zero-order valence-corrected chi connectivity index (χ0v) is 12.2. The molecule has 0 atom stereocenters. The Kier molecular flexibility index (Phi) is 4.54. The van der Waals surface area contributed by atoms with Gasteiger partial charge in [0.15, 0.2) is 0 Å². The van der Waals surface area contributed by atoms with Gasteiger partial charge >= 0.3 is 16.2 Å². The van der Waals surface area contributed by atoms with Crippen molar-refractivity contribution in [1.29, 1.82) is 0 Å². The summed E-state index contributed by atoms with van der Waals surface area (Å²) in [6.07, 6.45) is 0. The molecule has 1 rings (SSSR count). The van der Waals surface area contributed by atoms with E-state index in [1.165, 1.54) is 29.6 Å². The standard InChI is InChI=1S/C12H18N2O4S/c1-8(2)14(4)19(17,18)13-11-6-5-10(12(15)16)7-9(11)3/h5-8,13H,1-4H3,(H,15,16). The number of hydrogen-bond donors (Lipinski definition) is 2. The Bertz CT molecular complexity index is 581. The average Bonchev–Trinajstić information content (AvgIpc) is 2.30. The number of aromatic carboxylic acids is 1. The molecule has 0 saturated heterocycles. The van der Waals surface area contributed by atoms with Crippen LogP contribution in [-0.4, -0.2) is 36.9 Å². The first-order chi connectivity index (χ1) is 8.65. The van der Waals surface area contributed by atoms with Crippen LogP contribution in [0.3, 0.4) is 0 Å². The largest absolute Gasteiger partial charge is 0.478 e. The fourth-order valence-corrected chi connectivity index (χ4v) is 2.61. The second-order valence-corrected chi connectivity index (χ2v) is 6.28. The normalized spacial score (nSPS) is 11.9. The van der Waals surface area contributed by atoms with Crippen LogP contribution in [0, 0.1) is 6.92 Å². The van der Waals surface area contributed by atoms with E-state index in [0.29, 0.717) is 11.3 Å². The zero-order valence-electron chi connectivity index (χ0n) is 11.3. The summed E-state index contributed by atoms with van der Waals surface area (Å²) in [6.45, 7) is 5.18. The molecule has 0 aliphatic rings. The van der Waals surface area contributed by atoms with Crippen molar-refractivity contribution in [3.05, 3.63) is 29.3 Å². The molecule has 0 aliphatic carbocycles. The predicted molar refractivity (Wildman–Crippen MR) is 73.6 cm³/mol. The topological polar surface area (TPSA) is 86.7 Å². The fourth-order valence-electron chi connectivity index (χ4n) is 1.40. The summed E-state index contributed by atoms with van der Waals surface area (Å²) >= 11 is 0. The van der Waals surface area contributed by atoms with Crippen molar-refractivity contribution in [1.82, 2.24) is 4.31 Å². The Morgan fingerprint density at radius 3 is 2.37 bits per heavy atom. The summed E-state index contributed by atoms with van der Waals surface area (Å²) in [5.74, 6) is -1.04. The maximum absolute atomic E-state index is 12.0. The van der Waals surface area contributed by atoms with E-state index in [2.05, 4.69) is 4.72 Å². The van der Waals surface area contributed by atoms with E-state index in [9.17, 15) is 13.2 Å². The van der Waals surface area contributed by atoms with Crippen LogP contribution >= 0.6 is 0 Å². The summed E-state index contributed by atoms with van der Waals surface area (Å²) in [5, 5.41) is 8.85. The lowest BCUT2D eigenvalue weighted by atomic mass is 10.1. The van der Waals surface area contributed by atoms with E-state index in [1.807, 2.05) is 0 Å². The maximum atomic E-state index is 12.0. The first-order valence-corrected chi connectivity index (χ1v) is 7.19. The molecule has 0 aromatic heterocycles. The molecule has 1 aromatic rings. The fraction of sp³-hybridized carbons (Fsp3) is 0.417. The number of anilines is 1. The van der Waals surface area contributed by atoms with Gasteiger partial charge in [-0.25, -0.2) is 4.79 Å². The third-order valence-electron chi connectivity index (χ3n) is 2.82. The molecular weight excluding hydrogens is 268 g/mol. The lowest BCUT2D eigenvalue weighted by molar-refractivity contribution is 0.0697. The minimum Gasteiger partial charge on any atom is -0.478 e. The Labute approximate surface area is 113 Å². The average molecular weight is 286 g/mol. The van der Waals surface area contributed by atoms with Crippen LogP contribution in [0.15, 0.2) is 18.2 Å². The number of carboxylic acids is 1. The van der Waals surface area contributed by atoms with Crippen molar-refractivity contribution >= 4 is 21.9 Å². The van der Waals surface area contributed by atoms with Crippen molar-refractivity contribution < 1.29 is 18.3 Å². The van der Waals surface area contributed by atoms with Gasteiger partial charge in [-0.1, -0.05) is 0 Å². The molecule has 0 heterocycles. The highest BCUT2D eigenvalue weighted by atomic mass is 32.2. The molecule has 1 aromatic carbocycles. The van der Waals surface area contributed by atoms with E-state index in [1.54, 1.807) is 20.8 Å². The Morgan fingerprint density at radius 2 is 1.95 bits per heavy atom. The number of benzene rings is 1. The Morgan fingerprint density at radius 1 is 1.37 bits per heavy atom. The predicted octanol–water partition coefficient (Wildman–Crippen LogP) is 1.69. The van der Waals surface area contributed by atoms with Crippen LogP contribution in [-0.2, 0) is 10.2 Å². The van der Waals surface area contributed by atoms with Crippen LogP contribution < -0.4 is 4.72 Å². The molecule has 6 nitrogen and oxygen atoms in total. The first-order valence-electron chi connectivity index (χ1n) is 5.75. The first kappa shape index (κ1) is 15.5.